The van der Waals surface area contributed by atoms with Gasteiger partial charge in [0.25, 0.3) is 0 Å². The third-order valence-corrected chi connectivity index (χ3v) is 4.55. The van der Waals surface area contributed by atoms with E-state index in [9.17, 15) is 0 Å². The van der Waals surface area contributed by atoms with Gasteiger partial charge < -0.3 is 9.30 Å². The smallest absolute Gasteiger partial charge is 0.127 e. The lowest BCUT2D eigenvalue weighted by atomic mass is 10.00. The molecule has 0 aliphatic carbocycles. The Kier molecular flexibility index (Phi) is 3.74. The molecule has 0 N–H and O–H groups in total. The molecule has 4 heteroatoms. The van der Waals surface area contributed by atoms with E-state index in [1.54, 1.807) is 0 Å². The fourth-order valence-corrected chi connectivity index (χ4v) is 3.28. The molecule has 20 heavy (non-hydrogen) atoms. The molecule has 1 aromatic heterocycles. The Morgan fingerprint density at radius 3 is 2.85 bits per heavy atom. The van der Waals surface area contributed by atoms with Crippen LogP contribution < -0.4 is 0 Å². The van der Waals surface area contributed by atoms with Gasteiger partial charge >= 0.3 is 0 Å². The summed E-state index contributed by atoms with van der Waals surface area (Å²) in [7, 11) is 0. The van der Waals surface area contributed by atoms with E-state index in [0.717, 1.165) is 31.0 Å². The quantitative estimate of drug-likeness (QED) is 0.791. The van der Waals surface area contributed by atoms with Crippen LogP contribution in [-0.2, 0) is 4.74 Å². The van der Waals surface area contributed by atoms with Crippen LogP contribution >= 0.6 is 11.6 Å². The van der Waals surface area contributed by atoms with Crippen molar-refractivity contribution in [1.29, 1.82) is 0 Å². The fourth-order valence-electron chi connectivity index (χ4n) is 3.13. The number of ether oxygens (including phenoxy) is 1. The average Bonchev–Trinajstić information content (AvgIpc) is 3.06. The molecular weight excluding hydrogens is 272 g/mol. The number of nitrogens with zero attached hydrogens (tertiary/aromatic N) is 2. The minimum absolute atomic E-state index is 0.0911. The third kappa shape index (κ3) is 2.23. The summed E-state index contributed by atoms with van der Waals surface area (Å²) in [4.78, 5) is 4.79. The van der Waals surface area contributed by atoms with Crippen molar-refractivity contribution >= 4 is 22.6 Å². The molecule has 108 valence electrons. The summed E-state index contributed by atoms with van der Waals surface area (Å²) in [5, 5.41) is -0.0911. The molecular formula is C16H21ClN2O. The van der Waals surface area contributed by atoms with E-state index in [2.05, 4.69) is 36.6 Å². The van der Waals surface area contributed by atoms with Gasteiger partial charge in [0, 0.05) is 18.6 Å². The lowest BCUT2D eigenvalue weighted by molar-refractivity contribution is 0.175. The summed E-state index contributed by atoms with van der Waals surface area (Å²) < 4.78 is 7.86. The molecule has 3 rings (SSSR count). The van der Waals surface area contributed by atoms with Crippen molar-refractivity contribution in [3.8, 4) is 0 Å². The van der Waals surface area contributed by atoms with Crippen molar-refractivity contribution in [2.75, 3.05) is 13.2 Å². The molecule has 0 saturated carbocycles. The molecule has 1 aliphatic heterocycles. The van der Waals surface area contributed by atoms with Gasteiger partial charge in [-0.3, -0.25) is 0 Å². The van der Waals surface area contributed by atoms with E-state index in [1.807, 2.05) is 6.92 Å². The Bertz CT molecular complexity index is 614. The summed E-state index contributed by atoms with van der Waals surface area (Å²) in [6.07, 6.45) is 1.11. The second-order valence-electron chi connectivity index (χ2n) is 5.76. The van der Waals surface area contributed by atoms with Gasteiger partial charge in [-0.25, -0.2) is 4.98 Å². The number of alkyl halides is 1. The predicted octanol–water partition coefficient (Wildman–Crippen LogP) is 4.24. The minimum Gasteiger partial charge on any atom is -0.381 e. The second-order valence-corrected chi connectivity index (χ2v) is 6.42. The molecule has 3 nitrogen and oxygen atoms in total. The zero-order valence-corrected chi connectivity index (χ0v) is 13.0. The Balaban J connectivity index is 2.15. The number of hydrogen-bond donors (Lipinski definition) is 0. The molecule has 0 radical (unpaired) electrons. The van der Waals surface area contributed by atoms with Gasteiger partial charge in [-0.1, -0.05) is 12.1 Å². The number of fused-ring (bicyclic) bond motifs is 1. The lowest BCUT2D eigenvalue weighted by Crippen LogP contribution is -2.19. The predicted molar refractivity (Wildman–Crippen MR) is 82.4 cm³/mol. The summed E-state index contributed by atoms with van der Waals surface area (Å²) in [6, 6.07) is 6.70. The summed E-state index contributed by atoms with van der Waals surface area (Å²) in [6.45, 7) is 8.05. The molecule has 0 amide bonds. The first kappa shape index (κ1) is 13.9. The number of aromatic nitrogens is 2. The molecule has 0 bridgehead atoms. The van der Waals surface area contributed by atoms with E-state index in [1.165, 1.54) is 11.1 Å². The van der Waals surface area contributed by atoms with Gasteiger partial charge in [0.2, 0.25) is 0 Å². The number of benzene rings is 1. The van der Waals surface area contributed by atoms with E-state index in [0.29, 0.717) is 12.0 Å². The van der Waals surface area contributed by atoms with Crippen molar-refractivity contribution in [2.24, 2.45) is 5.92 Å². The van der Waals surface area contributed by atoms with Crippen LogP contribution in [0, 0.1) is 12.8 Å². The molecule has 2 heterocycles. The van der Waals surface area contributed by atoms with Gasteiger partial charge in [0.05, 0.1) is 23.0 Å². The van der Waals surface area contributed by atoms with Crippen LogP contribution in [0.3, 0.4) is 0 Å². The number of imidazole rings is 1. The maximum absolute atomic E-state index is 6.37. The standard InChI is InChI=1S/C16H21ClN2O/c1-10-5-4-6-14-15(10)18-16(11(2)17)19(14)12(3)13-7-8-20-9-13/h4-6,11-13H,7-9H2,1-3H3. The highest BCUT2D eigenvalue weighted by atomic mass is 35.5. The molecule has 1 fully saturated rings. The van der Waals surface area contributed by atoms with Crippen LogP contribution in [-0.4, -0.2) is 22.8 Å². The normalized spacial score (nSPS) is 22.3. The number of rotatable bonds is 3. The zero-order valence-electron chi connectivity index (χ0n) is 12.3. The molecule has 0 spiro atoms. The maximum Gasteiger partial charge on any atom is 0.127 e. The first-order valence-corrected chi connectivity index (χ1v) is 7.72. The van der Waals surface area contributed by atoms with Gasteiger partial charge in [-0.2, -0.15) is 0 Å². The summed E-state index contributed by atoms with van der Waals surface area (Å²) in [5.74, 6) is 1.51. The molecule has 3 unspecified atom stereocenters. The first-order valence-electron chi connectivity index (χ1n) is 7.29. The summed E-state index contributed by atoms with van der Waals surface area (Å²) >= 11 is 6.37. The number of aryl methyl sites for hydroxylation is 1. The highest BCUT2D eigenvalue weighted by Crippen LogP contribution is 2.34. The van der Waals surface area contributed by atoms with E-state index < -0.39 is 0 Å². The monoisotopic (exact) mass is 292 g/mol. The van der Waals surface area contributed by atoms with E-state index >= 15 is 0 Å². The van der Waals surface area contributed by atoms with Gasteiger partial charge in [0.1, 0.15) is 5.82 Å². The maximum atomic E-state index is 6.37. The molecule has 1 saturated heterocycles. The Hall–Kier alpha value is -1.06. The SMILES string of the molecule is Cc1cccc2c1nc(C(C)Cl)n2C(C)C1CCOC1. The van der Waals surface area contributed by atoms with Gasteiger partial charge in [-0.15, -0.1) is 11.6 Å². The van der Waals surface area contributed by atoms with Crippen molar-refractivity contribution in [3.05, 3.63) is 29.6 Å². The lowest BCUT2D eigenvalue weighted by Gasteiger charge is -2.23. The van der Waals surface area contributed by atoms with Crippen LogP contribution in [0.1, 0.15) is 43.1 Å². The van der Waals surface area contributed by atoms with Gasteiger partial charge in [-0.05, 0) is 38.8 Å². The van der Waals surface area contributed by atoms with Crippen LogP contribution in [0.5, 0.6) is 0 Å². The largest absolute Gasteiger partial charge is 0.381 e. The summed E-state index contributed by atoms with van der Waals surface area (Å²) in [5.41, 5.74) is 3.46. The average molecular weight is 293 g/mol. The van der Waals surface area contributed by atoms with Crippen molar-refractivity contribution in [3.63, 3.8) is 0 Å². The number of para-hydroxylation sites is 1. The minimum atomic E-state index is -0.0911. The zero-order chi connectivity index (χ0) is 14.3. The fraction of sp³-hybridized carbons (Fsp3) is 0.562. The Labute approximate surface area is 124 Å². The van der Waals surface area contributed by atoms with Crippen LogP contribution in [0.15, 0.2) is 18.2 Å². The van der Waals surface area contributed by atoms with Crippen molar-refractivity contribution < 1.29 is 4.74 Å². The van der Waals surface area contributed by atoms with Crippen molar-refractivity contribution in [2.45, 2.75) is 38.6 Å². The van der Waals surface area contributed by atoms with Crippen LogP contribution in [0.2, 0.25) is 0 Å². The molecule has 1 aromatic carbocycles. The Morgan fingerprint density at radius 1 is 1.40 bits per heavy atom. The molecule has 3 atom stereocenters. The van der Waals surface area contributed by atoms with Crippen LogP contribution in [0.4, 0.5) is 0 Å². The first-order chi connectivity index (χ1) is 9.59. The van der Waals surface area contributed by atoms with Gasteiger partial charge in [0.15, 0.2) is 0 Å². The number of halogens is 1. The molecule has 1 aliphatic rings. The highest BCUT2D eigenvalue weighted by Gasteiger charge is 2.28. The highest BCUT2D eigenvalue weighted by molar-refractivity contribution is 6.20. The topological polar surface area (TPSA) is 27.1 Å². The second kappa shape index (κ2) is 5.38. The van der Waals surface area contributed by atoms with Crippen molar-refractivity contribution in [1.82, 2.24) is 9.55 Å². The van der Waals surface area contributed by atoms with E-state index in [4.69, 9.17) is 21.3 Å². The Morgan fingerprint density at radius 2 is 2.20 bits per heavy atom. The van der Waals surface area contributed by atoms with E-state index in [-0.39, 0.29) is 5.38 Å². The number of hydrogen-bond acceptors (Lipinski definition) is 2. The molecule has 2 aromatic rings. The van der Waals surface area contributed by atoms with Crippen LogP contribution in [0.25, 0.3) is 11.0 Å². The third-order valence-electron chi connectivity index (χ3n) is 4.36.